The second-order valence-electron chi connectivity index (χ2n) is 5.14. The van der Waals surface area contributed by atoms with Gasteiger partial charge in [-0.25, -0.2) is 0 Å². The maximum atomic E-state index is 5.80. The van der Waals surface area contributed by atoms with Crippen LogP contribution in [0.15, 0.2) is 30.3 Å². The molecular formula is C14H18O4. The monoisotopic (exact) mass is 250 g/mol. The van der Waals surface area contributed by atoms with Crippen LogP contribution >= 0.6 is 0 Å². The Labute approximate surface area is 107 Å². The minimum Gasteiger partial charge on any atom is -0.347 e. The Morgan fingerprint density at radius 3 is 2.78 bits per heavy atom. The number of fused-ring (bicyclic) bond motifs is 1. The van der Waals surface area contributed by atoms with E-state index in [1.807, 2.05) is 44.2 Å². The Kier molecular flexibility index (Phi) is 3.11. The third-order valence-electron chi connectivity index (χ3n) is 3.17. The summed E-state index contributed by atoms with van der Waals surface area (Å²) < 4.78 is 22.9. The Morgan fingerprint density at radius 2 is 2.00 bits per heavy atom. The summed E-state index contributed by atoms with van der Waals surface area (Å²) >= 11 is 0. The van der Waals surface area contributed by atoms with Crippen LogP contribution in [-0.4, -0.2) is 30.9 Å². The fourth-order valence-corrected chi connectivity index (χ4v) is 2.40. The highest BCUT2D eigenvalue weighted by atomic mass is 16.8. The van der Waals surface area contributed by atoms with Crippen molar-refractivity contribution in [3.8, 4) is 0 Å². The van der Waals surface area contributed by atoms with E-state index in [-0.39, 0.29) is 18.5 Å². The molecule has 0 bridgehead atoms. The second-order valence-corrected chi connectivity index (χ2v) is 5.14. The van der Waals surface area contributed by atoms with Crippen LogP contribution < -0.4 is 0 Å². The zero-order valence-electron chi connectivity index (χ0n) is 10.7. The van der Waals surface area contributed by atoms with Crippen molar-refractivity contribution in [3.05, 3.63) is 35.9 Å². The lowest BCUT2D eigenvalue weighted by Crippen LogP contribution is -2.31. The normalized spacial score (nSPS) is 33.6. The minimum atomic E-state index is -0.534. The van der Waals surface area contributed by atoms with Crippen molar-refractivity contribution in [3.63, 3.8) is 0 Å². The first-order chi connectivity index (χ1) is 8.64. The van der Waals surface area contributed by atoms with E-state index in [4.69, 9.17) is 18.9 Å². The summed E-state index contributed by atoms with van der Waals surface area (Å²) in [4.78, 5) is 0. The van der Waals surface area contributed by atoms with Crippen molar-refractivity contribution in [1.82, 2.24) is 0 Å². The molecule has 1 aromatic carbocycles. The van der Waals surface area contributed by atoms with Gasteiger partial charge in [-0.2, -0.15) is 0 Å². The Bertz CT molecular complexity index is 404. The van der Waals surface area contributed by atoms with Crippen LogP contribution in [0.25, 0.3) is 0 Å². The highest BCUT2D eigenvalue weighted by molar-refractivity contribution is 5.13. The van der Waals surface area contributed by atoms with Crippen molar-refractivity contribution < 1.29 is 18.9 Å². The summed E-state index contributed by atoms with van der Waals surface area (Å²) in [7, 11) is 0. The molecule has 4 nitrogen and oxygen atoms in total. The molecule has 3 rings (SSSR count). The van der Waals surface area contributed by atoms with E-state index in [9.17, 15) is 0 Å². The van der Waals surface area contributed by atoms with Gasteiger partial charge in [-0.05, 0) is 19.4 Å². The van der Waals surface area contributed by atoms with Gasteiger partial charge in [0.2, 0.25) is 0 Å². The zero-order valence-corrected chi connectivity index (χ0v) is 10.7. The number of hydrogen-bond donors (Lipinski definition) is 0. The Hall–Kier alpha value is -0.940. The van der Waals surface area contributed by atoms with E-state index in [0.29, 0.717) is 13.2 Å². The molecule has 2 fully saturated rings. The van der Waals surface area contributed by atoms with Gasteiger partial charge >= 0.3 is 0 Å². The fraction of sp³-hybridized carbons (Fsp3) is 0.571. The molecule has 0 radical (unpaired) electrons. The molecule has 2 aliphatic heterocycles. The first kappa shape index (κ1) is 12.1. The van der Waals surface area contributed by atoms with E-state index in [1.54, 1.807) is 0 Å². The fourth-order valence-electron chi connectivity index (χ4n) is 2.40. The smallest absolute Gasteiger partial charge is 0.186 e. The second kappa shape index (κ2) is 4.63. The number of rotatable bonds is 3. The highest BCUT2D eigenvalue weighted by Crippen LogP contribution is 2.35. The van der Waals surface area contributed by atoms with Gasteiger partial charge in [0, 0.05) is 0 Å². The lowest BCUT2D eigenvalue weighted by Gasteiger charge is -2.21. The van der Waals surface area contributed by atoms with Crippen molar-refractivity contribution in [2.24, 2.45) is 0 Å². The SMILES string of the molecule is CC1(C)OC2COC(OCc3ccccc3)C2O1. The van der Waals surface area contributed by atoms with Gasteiger partial charge in [-0.15, -0.1) is 0 Å². The standard InChI is InChI=1S/C14H18O4/c1-14(2)17-11-9-16-13(12(11)18-14)15-8-10-6-4-3-5-7-10/h3-7,11-13H,8-9H2,1-2H3. The molecule has 0 N–H and O–H groups in total. The van der Waals surface area contributed by atoms with Gasteiger partial charge in [0.15, 0.2) is 12.1 Å². The van der Waals surface area contributed by atoms with Crippen LogP contribution in [-0.2, 0) is 25.6 Å². The molecular weight excluding hydrogens is 232 g/mol. The molecule has 18 heavy (non-hydrogen) atoms. The molecule has 2 saturated heterocycles. The number of benzene rings is 1. The molecule has 0 amide bonds. The summed E-state index contributed by atoms with van der Waals surface area (Å²) in [5, 5.41) is 0. The van der Waals surface area contributed by atoms with E-state index in [1.165, 1.54) is 0 Å². The Balaban J connectivity index is 1.58. The predicted molar refractivity (Wildman–Crippen MR) is 64.8 cm³/mol. The molecule has 1 aromatic rings. The van der Waals surface area contributed by atoms with E-state index < -0.39 is 5.79 Å². The number of ether oxygens (including phenoxy) is 4. The molecule has 3 unspecified atom stereocenters. The lowest BCUT2D eigenvalue weighted by molar-refractivity contribution is -0.222. The van der Waals surface area contributed by atoms with Crippen molar-refractivity contribution in [2.45, 2.75) is 44.7 Å². The summed E-state index contributed by atoms with van der Waals surface area (Å²) in [6.45, 7) is 4.89. The highest BCUT2D eigenvalue weighted by Gasteiger charge is 2.50. The van der Waals surface area contributed by atoms with Crippen LogP contribution in [0.1, 0.15) is 19.4 Å². The van der Waals surface area contributed by atoms with Crippen LogP contribution in [0.2, 0.25) is 0 Å². The third kappa shape index (κ3) is 2.42. The first-order valence-corrected chi connectivity index (χ1v) is 6.27. The van der Waals surface area contributed by atoms with E-state index in [0.717, 1.165) is 5.56 Å². The molecule has 0 saturated carbocycles. The van der Waals surface area contributed by atoms with Crippen LogP contribution in [0.5, 0.6) is 0 Å². The third-order valence-corrected chi connectivity index (χ3v) is 3.17. The van der Waals surface area contributed by atoms with Gasteiger partial charge in [-0.1, -0.05) is 30.3 Å². The first-order valence-electron chi connectivity index (χ1n) is 6.27. The summed E-state index contributed by atoms with van der Waals surface area (Å²) in [6, 6.07) is 10.0. The molecule has 2 heterocycles. The molecule has 3 atom stereocenters. The van der Waals surface area contributed by atoms with E-state index in [2.05, 4.69) is 0 Å². The van der Waals surface area contributed by atoms with Crippen molar-refractivity contribution >= 4 is 0 Å². The van der Waals surface area contributed by atoms with Gasteiger partial charge in [0.1, 0.15) is 12.2 Å². The molecule has 2 aliphatic rings. The van der Waals surface area contributed by atoms with E-state index >= 15 is 0 Å². The van der Waals surface area contributed by atoms with Gasteiger partial charge < -0.3 is 18.9 Å². The summed E-state index contributed by atoms with van der Waals surface area (Å²) in [6.07, 6.45) is -0.471. The quantitative estimate of drug-likeness (QED) is 0.823. The van der Waals surface area contributed by atoms with Crippen molar-refractivity contribution in [1.29, 1.82) is 0 Å². The predicted octanol–water partition coefficient (Wildman–Crippen LogP) is 2.08. The average molecular weight is 250 g/mol. The summed E-state index contributed by atoms with van der Waals surface area (Å²) in [5.74, 6) is -0.534. The molecule has 0 aromatic heterocycles. The molecule has 4 heteroatoms. The average Bonchev–Trinajstić information content (AvgIpc) is 2.83. The lowest BCUT2D eigenvalue weighted by atomic mass is 10.2. The minimum absolute atomic E-state index is 0.0132. The van der Waals surface area contributed by atoms with Gasteiger partial charge in [-0.3, -0.25) is 0 Å². The van der Waals surface area contributed by atoms with Gasteiger partial charge in [0.25, 0.3) is 0 Å². The van der Waals surface area contributed by atoms with Gasteiger partial charge in [0.05, 0.1) is 13.2 Å². The molecule has 98 valence electrons. The largest absolute Gasteiger partial charge is 0.347 e. The number of hydrogen-bond acceptors (Lipinski definition) is 4. The molecule has 0 aliphatic carbocycles. The van der Waals surface area contributed by atoms with Crippen molar-refractivity contribution in [2.75, 3.05) is 6.61 Å². The Morgan fingerprint density at radius 1 is 1.22 bits per heavy atom. The topological polar surface area (TPSA) is 36.9 Å². The van der Waals surface area contributed by atoms with Crippen LogP contribution in [0.3, 0.4) is 0 Å². The maximum absolute atomic E-state index is 5.80. The summed E-state index contributed by atoms with van der Waals surface area (Å²) in [5.41, 5.74) is 1.13. The van der Waals surface area contributed by atoms with Crippen LogP contribution in [0, 0.1) is 0 Å². The maximum Gasteiger partial charge on any atom is 0.186 e. The van der Waals surface area contributed by atoms with Crippen LogP contribution in [0.4, 0.5) is 0 Å². The molecule has 0 spiro atoms. The zero-order chi connectivity index (χ0) is 12.6.